The maximum atomic E-state index is 12.5. The fourth-order valence-electron chi connectivity index (χ4n) is 3.38. The molecule has 134 valence electrons. The molecule has 0 saturated carbocycles. The molecule has 1 aromatic carbocycles. The Labute approximate surface area is 144 Å². The van der Waals surface area contributed by atoms with Gasteiger partial charge in [-0.25, -0.2) is 0 Å². The predicted octanol–water partition coefficient (Wildman–Crippen LogP) is 2.27. The van der Waals surface area contributed by atoms with Crippen molar-refractivity contribution in [1.29, 1.82) is 0 Å². The lowest BCUT2D eigenvalue weighted by molar-refractivity contribution is -0.117. The Morgan fingerprint density at radius 2 is 2.00 bits per heavy atom. The maximum absolute atomic E-state index is 12.5. The Morgan fingerprint density at radius 3 is 2.67 bits per heavy atom. The van der Waals surface area contributed by atoms with E-state index in [1.807, 2.05) is 25.1 Å². The van der Waals surface area contributed by atoms with Gasteiger partial charge in [-0.05, 0) is 56.8 Å². The zero-order valence-electron chi connectivity index (χ0n) is 14.6. The van der Waals surface area contributed by atoms with Crippen LogP contribution in [0.15, 0.2) is 18.2 Å². The first kappa shape index (κ1) is 18.9. The van der Waals surface area contributed by atoms with Crippen LogP contribution in [0.4, 0.5) is 5.69 Å². The normalized spacial score (nSPS) is 16.8. The molecule has 1 unspecified atom stereocenters. The van der Waals surface area contributed by atoms with Gasteiger partial charge in [-0.2, -0.15) is 0 Å². The fourth-order valence-corrected chi connectivity index (χ4v) is 3.38. The van der Waals surface area contributed by atoms with Crippen molar-refractivity contribution in [3.63, 3.8) is 0 Å². The van der Waals surface area contributed by atoms with E-state index in [0.717, 1.165) is 42.7 Å². The van der Waals surface area contributed by atoms with Crippen molar-refractivity contribution < 1.29 is 15.0 Å². The molecular formula is C19H30N2O3. The number of nitrogens with zero attached hydrogens (tertiary/aromatic N) is 1. The van der Waals surface area contributed by atoms with Gasteiger partial charge in [0.05, 0.1) is 13.2 Å². The number of benzene rings is 1. The largest absolute Gasteiger partial charge is 0.396 e. The number of likely N-dealkylation sites (tertiary alicyclic amines) is 1. The second-order valence-corrected chi connectivity index (χ2v) is 6.67. The van der Waals surface area contributed by atoms with Gasteiger partial charge >= 0.3 is 0 Å². The predicted molar refractivity (Wildman–Crippen MR) is 96.2 cm³/mol. The highest BCUT2D eigenvalue weighted by molar-refractivity contribution is 5.94. The van der Waals surface area contributed by atoms with Crippen LogP contribution in [0.3, 0.4) is 0 Å². The molecule has 24 heavy (non-hydrogen) atoms. The number of aryl methyl sites for hydroxylation is 1. The number of aliphatic hydroxyl groups excluding tert-OH is 2. The molecule has 0 radical (unpaired) electrons. The van der Waals surface area contributed by atoms with Crippen LogP contribution < -0.4 is 5.32 Å². The Kier molecular flexibility index (Phi) is 7.69. The third-order valence-electron chi connectivity index (χ3n) is 4.76. The molecule has 1 amide bonds. The van der Waals surface area contributed by atoms with Crippen LogP contribution in [0.1, 0.15) is 49.1 Å². The number of anilines is 1. The topological polar surface area (TPSA) is 72.8 Å². The minimum Gasteiger partial charge on any atom is -0.396 e. The summed E-state index contributed by atoms with van der Waals surface area (Å²) >= 11 is 0. The molecule has 1 aliphatic heterocycles. The number of nitrogens with one attached hydrogen (secondary N) is 1. The summed E-state index contributed by atoms with van der Waals surface area (Å²) in [6.45, 7) is 4.50. The summed E-state index contributed by atoms with van der Waals surface area (Å²) in [7, 11) is 0. The van der Waals surface area contributed by atoms with E-state index in [2.05, 4.69) is 10.2 Å². The summed E-state index contributed by atoms with van der Waals surface area (Å²) in [6, 6.07) is 5.88. The smallest absolute Gasteiger partial charge is 0.238 e. The van der Waals surface area contributed by atoms with E-state index in [4.69, 9.17) is 5.11 Å². The molecule has 1 aromatic rings. The quantitative estimate of drug-likeness (QED) is 0.682. The highest BCUT2D eigenvalue weighted by atomic mass is 16.3. The van der Waals surface area contributed by atoms with Crippen molar-refractivity contribution in [1.82, 2.24) is 4.90 Å². The van der Waals surface area contributed by atoms with Gasteiger partial charge in [0.15, 0.2) is 0 Å². The van der Waals surface area contributed by atoms with Crippen molar-refractivity contribution in [2.45, 2.75) is 44.9 Å². The van der Waals surface area contributed by atoms with Gasteiger partial charge in [-0.3, -0.25) is 9.69 Å². The third-order valence-corrected chi connectivity index (χ3v) is 4.76. The van der Waals surface area contributed by atoms with Crippen molar-refractivity contribution in [2.24, 2.45) is 0 Å². The van der Waals surface area contributed by atoms with E-state index in [1.54, 1.807) is 0 Å². The molecular weight excluding hydrogens is 304 g/mol. The highest BCUT2D eigenvalue weighted by Crippen LogP contribution is 2.30. The van der Waals surface area contributed by atoms with Crippen LogP contribution in [-0.4, -0.2) is 53.9 Å². The Hall–Kier alpha value is -1.43. The summed E-state index contributed by atoms with van der Waals surface area (Å²) in [4.78, 5) is 14.7. The van der Waals surface area contributed by atoms with Gasteiger partial charge in [0.1, 0.15) is 0 Å². The van der Waals surface area contributed by atoms with Crippen LogP contribution >= 0.6 is 0 Å². The summed E-state index contributed by atoms with van der Waals surface area (Å²) in [6.07, 6.45) is 4.92. The van der Waals surface area contributed by atoms with Gasteiger partial charge in [0, 0.05) is 18.2 Å². The molecule has 0 spiro atoms. The van der Waals surface area contributed by atoms with Gasteiger partial charge in [-0.1, -0.05) is 24.6 Å². The molecule has 5 heteroatoms. The second-order valence-electron chi connectivity index (χ2n) is 6.67. The minimum atomic E-state index is -0.0673. The van der Waals surface area contributed by atoms with Gasteiger partial charge in [0.2, 0.25) is 5.91 Å². The SMILES string of the molecule is Cc1cccc(C(CO)CCCO)c1NC(=O)CN1CCCCC1. The third kappa shape index (κ3) is 5.30. The van der Waals surface area contributed by atoms with Crippen LogP contribution in [-0.2, 0) is 4.79 Å². The summed E-state index contributed by atoms with van der Waals surface area (Å²) in [5, 5.41) is 21.8. The molecule has 3 N–H and O–H groups in total. The van der Waals surface area contributed by atoms with E-state index in [-0.39, 0.29) is 25.0 Å². The van der Waals surface area contributed by atoms with E-state index in [0.29, 0.717) is 19.4 Å². The number of piperidine rings is 1. The number of rotatable bonds is 8. The summed E-state index contributed by atoms with van der Waals surface area (Å²) < 4.78 is 0. The zero-order valence-corrected chi connectivity index (χ0v) is 14.6. The maximum Gasteiger partial charge on any atom is 0.238 e. The molecule has 1 heterocycles. The molecule has 1 fully saturated rings. The number of hydrogen-bond acceptors (Lipinski definition) is 4. The average Bonchev–Trinajstić information content (AvgIpc) is 2.59. The molecule has 1 saturated heterocycles. The Bertz CT molecular complexity index is 527. The first-order chi connectivity index (χ1) is 11.7. The standard InChI is InChI=1S/C19H30N2O3/c1-15-7-5-9-17(16(14-23)8-6-12-22)19(15)20-18(24)13-21-10-3-2-4-11-21/h5,7,9,16,22-23H,2-4,6,8,10-14H2,1H3,(H,20,24). The van der Waals surface area contributed by atoms with E-state index in [1.165, 1.54) is 6.42 Å². The lowest BCUT2D eigenvalue weighted by Gasteiger charge is -2.26. The van der Waals surface area contributed by atoms with Crippen molar-refractivity contribution in [3.05, 3.63) is 29.3 Å². The number of amides is 1. The summed E-state index contributed by atoms with van der Waals surface area (Å²) in [5.74, 6) is -0.0614. The first-order valence-electron chi connectivity index (χ1n) is 8.99. The van der Waals surface area contributed by atoms with E-state index < -0.39 is 0 Å². The minimum absolute atomic E-state index is 0.00583. The average molecular weight is 334 g/mol. The Balaban J connectivity index is 2.08. The van der Waals surface area contributed by atoms with Crippen LogP contribution in [0.5, 0.6) is 0 Å². The van der Waals surface area contributed by atoms with Crippen molar-refractivity contribution >= 4 is 11.6 Å². The van der Waals surface area contributed by atoms with Gasteiger partial charge in [-0.15, -0.1) is 0 Å². The fraction of sp³-hybridized carbons (Fsp3) is 0.632. The zero-order chi connectivity index (χ0) is 17.4. The molecule has 2 rings (SSSR count). The van der Waals surface area contributed by atoms with Crippen LogP contribution in [0.25, 0.3) is 0 Å². The number of carbonyl (C=O) groups excluding carboxylic acids is 1. The summed E-state index contributed by atoms with van der Waals surface area (Å²) in [5.41, 5.74) is 2.77. The van der Waals surface area contributed by atoms with E-state index >= 15 is 0 Å². The monoisotopic (exact) mass is 334 g/mol. The van der Waals surface area contributed by atoms with Crippen molar-refractivity contribution in [3.8, 4) is 0 Å². The van der Waals surface area contributed by atoms with Crippen molar-refractivity contribution in [2.75, 3.05) is 38.2 Å². The van der Waals surface area contributed by atoms with Crippen LogP contribution in [0, 0.1) is 6.92 Å². The molecule has 0 bridgehead atoms. The van der Waals surface area contributed by atoms with Crippen LogP contribution in [0.2, 0.25) is 0 Å². The lowest BCUT2D eigenvalue weighted by Crippen LogP contribution is -2.37. The first-order valence-corrected chi connectivity index (χ1v) is 8.99. The number of para-hydroxylation sites is 1. The Morgan fingerprint density at radius 1 is 1.25 bits per heavy atom. The number of aliphatic hydroxyl groups is 2. The number of hydrogen-bond donors (Lipinski definition) is 3. The molecule has 0 aliphatic carbocycles. The van der Waals surface area contributed by atoms with E-state index in [9.17, 15) is 9.90 Å². The van der Waals surface area contributed by atoms with Gasteiger partial charge in [0.25, 0.3) is 0 Å². The molecule has 0 aromatic heterocycles. The lowest BCUT2D eigenvalue weighted by atomic mass is 9.92. The highest BCUT2D eigenvalue weighted by Gasteiger charge is 2.19. The molecule has 5 nitrogen and oxygen atoms in total. The van der Waals surface area contributed by atoms with Gasteiger partial charge < -0.3 is 15.5 Å². The molecule has 1 atom stereocenters. The number of carbonyl (C=O) groups is 1. The molecule has 1 aliphatic rings. The second kappa shape index (κ2) is 9.77.